The van der Waals surface area contributed by atoms with E-state index in [2.05, 4.69) is 33.8 Å². The van der Waals surface area contributed by atoms with E-state index in [1.54, 1.807) is 37.9 Å². The van der Waals surface area contributed by atoms with Crippen LogP contribution in [0.1, 0.15) is 24.1 Å². The highest BCUT2D eigenvalue weighted by Crippen LogP contribution is 2.35. The molecule has 3 aromatic carbocycles. The minimum absolute atomic E-state index is 0.105. The first-order chi connectivity index (χ1) is 20.3. The third kappa shape index (κ3) is 5.84. The number of methoxy groups -OCH3 is 2. The Balaban J connectivity index is 1.66. The SMILES string of the molecule is C#CCOc1c(I)cc(/C=c2\sc3n(c2=O)[C@H](c2cccc(OC)c2)C(C(=O)Nc2ccccc2)=C(C)N=3)cc1OC. The van der Waals surface area contributed by atoms with Gasteiger partial charge in [-0.1, -0.05) is 47.6 Å². The molecule has 10 heteroatoms. The molecule has 0 fully saturated rings. The minimum atomic E-state index is -0.726. The van der Waals surface area contributed by atoms with Gasteiger partial charge in [0.1, 0.15) is 12.4 Å². The standard InChI is InChI=1S/C32H26IN3O5S/c1-5-14-41-29-24(33)15-20(16-25(29)40-4)17-26-31(38)36-28(21-10-9-13-23(18-21)39-3)27(19(2)34-32(36)42-26)30(37)35-22-11-7-6-8-12-22/h1,6-13,15-18,28H,14H2,2-4H3,(H,35,37)/b26-17-/t28-/m1/s1. The van der Waals surface area contributed by atoms with E-state index >= 15 is 0 Å². The van der Waals surface area contributed by atoms with Gasteiger partial charge in [-0.05, 0) is 83.1 Å². The molecule has 1 atom stereocenters. The molecule has 2 heterocycles. The van der Waals surface area contributed by atoms with Crippen LogP contribution in [-0.4, -0.2) is 31.3 Å². The number of fused-ring (bicyclic) bond motifs is 1. The van der Waals surface area contributed by atoms with Gasteiger partial charge in [-0.25, -0.2) is 4.99 Å². The van der Waals surface area contributed by atoms with Gasteiger partial charge in [-0.2, -0.15) is 0 Å². The van der Waals surface area contributed by atoms with Crippen LogP contribution in [0.2, 0.25) is 0 Å². The molecule has 1 N–H and O–H groups in total. The summed E-state index contributed by atoms with van der Waals surface area (Å²) in [4.78, 5) is 33.0. The van der Waals surface area contributed by atoms with Crippen LogP contribution >= 0.6 is 33.9 Å². The average molecular weight is 692 g/mol. The second-order valence-corrected chi connectivity index (χ2v) is 11.4. The van der Waals surface area contributed by atoms with Gasteiger partial charge in [0.2, 0.25) is 0 Å². The van der Waals surface area contributed by atoms with E-state index in [-0.39, 0.29) is 18.1 Å². The molecule has 42 heavy (non-hydrogen) atoms. The molecule has 0 saturated carbocycles. The number of terminal acetylenes is 1. The number of aromatic nitrogens is 1. The number of ether oxygens (including phenoxy) is 3. The number of benzene rings is 3. The zero-order chi connectivity index (χ0) is 29.8. The third-order valence-corrected chi connectivity index (χ3v) is 8.34. The number of anilines is 1. The number of carbonyl (C=O) groups is 1. The molecule has 0 spiro atoms. The van der Waals surface area contributed by atoms with E-state index in [0.717, 1.165) is 14.7 Å². The van der Waals surface area contributed by atoms with Crippen molar-refractivity contribution in [3.8, 4) is 29.6 Å². The molecule has 1 aliphatic rings. The van der Waals surface area contributed by atoms with Crippen molar-refractivity contribution in [1.82, 2.24) is 4.57 Å². The van der Waals surface area contributed by atoms with E-state index in [1.165, 1.54) is 11.3 Å². The van der Waals surface area contributed by atoms with Crippen molar-refractivity contribution in [2.75, 3.05) is 26.1 Å². The zero-order valence-corrected chi connectivity index (χ0v) is 26.0. The van der Waals surface area contributed by atoms with Gasteiger partial charge in [0.05, 0.1) is 39.6 Å². The number of nitrogens with one attached hydrogen (secondary N) is 1. The van der Waals surface area contributed by atoms with Crippen molar-refractivity contribution in [3.05, 3.63) is 112 Å². The van der Waals surface area contributed by atoms with Crippen molar-refractivity contribution < 1.29 is 19.0 Å². The maximum atomic E-state index is 14.1. The topological polar surface area (TPSA) is 91.2 Å². The Kier molecular flexibility index (Phi) is 8.80. The number of nitrogens with zero attached hydrogens (tertiary/aromatic N) is 2. The monoisotopic (exact) mass is 691 g/mol. The Labute approximate surface area is 260 Å². The maximum absolute atomic E-state index is 14.1. The summed E-state index contributed by atoms with van der Waals surface area (Å²) in [6.45, 7) is 1.89. The van der Waals surface area contributed by atoms with Gasteiger partial charge >= 0.3 is 0 Å². The third-order valence-electron chi connectivity index (χ3n) is 6.56. The number of rotatable bonds is 8. The van der Waals surface area contributed by atoms with Crippen molar-refractivity contribution in [2.45, 2.75) is 13.0 Å². The lowest BCUT2D eigenvalue weighted by Crippen LogP contribution is -2.40. The van der Waals surface area contributed by atoms with Crippen LogP contribution in [0.15, 0.2) is 87.8 Å². The van der Waals surface area contributed by atoms with Gasteiger partial charge in [0, 0.05) is 5.69 Å². The number of allylic oxidation sites excluding steroid dienone is 1. The van der Waals surface area contributed by atoms with Crippen molar-refractivity contribution in [1.29, 1.82) is 0 Å². The van der Waals surface area contributed by atoms with E-state index in [0.29, 0.717) is 43.5 Å². The first kappa shape index (κ1) is 29.2. The highest BCUT2D eigenvalue weighted by Gasteiger charge is 2.32. The molecule has 0 bridgehead atoms. The fourth-order valence-electron chi connectivity index (χ4n) is 4.69. The number of carbonyl (C=O) groups excluding carboxylic acids is 1. The van der Waals surface area contributed by atoms with Crippen LogP contribution < -0.4 is 34.4 Å². The number of para-hydroxylation sites is 1. The Morgan fingerprint density at radius 1 is 1.14 bits per heavy atom. The number of halogens is 1. The second-order valence-electron chi connectivity index (χ2n) is 9.21. The normalized spacial score (nSPS) is 14.5. The molecule has 1 aromatic heterocycles. The Bertz CT molecular complexity index is 1920. The Morgan fingerprint density at radius 3 is 2.64 bits per heavy atom. The molecule has 0 unspecified atom stereocenters. The molecule has 0 aliphatic carbocycles. The molecule has 4 aromatic rings. The first-order valence-electron chi connectivity index (χ1n) is 12.8. The lowest BCUT2D eigenvalue weighted by Gasteiger charge is -2.25. The van der Waals surface area contributed by atoms with Crippen LogP contribution in [0.5, 0.6) is 17.2 Å². The molecule has 8 nitrogen and oxygen atoms in total. The number of thiazole rings is 1. The van der Waals surface area contributed by atoms with Crippen LogP contribution in [0.3, 0.4) is 0 Å². The van der Waals surface area contributed by atoms with Gasteiger partial charge in [0.25, 0.3) is 11.5 Å². The highest BCUT2D eigenvalue weighted by atomic mass is 127. The van der Waals surface area contributed by atoms with Crippen molar-refractivity contribution in [3.63, 3.8) is 0 Å². The second kappa shape index (κ2) is 12.7. The number of hydrogen-bond acceptors (Lipinski definition) is 7. The summed E-state index contributed by atoms with van der Waals surface area (Å²) in [5.74, 6) is 3.77. The largest absolute Gasteiger partial charge is 0.497 e. The van der Waals surface area contributed by atoms with Gasteiger partial charge in [-0.3, -0.25) is 14.2 Å². The quantitative estimate of drug-likeness (QED) is 0.217. The van der Waals surface area contributed by atoms with Crippen LogP contribution in [-0.2, 0) is 4.79 Å². The predicted molar refractivity (Wildman–Crippen MR) is 172 cm³/mol. The van der Waals surface area contributed by atoms with Gasteiger partial charge in [0.15, 0.2) is 16.3 Å². The van der Waals surface area contributed by atoms with E-state index in [1.807, 2.05) is 60.7 Å². The number of hydrogen-bond donors (Lipinski definition) is 1. The summed E-state index contributed by atoms with van der Waals surface area (Å²) >= 11 is 3.40. The molecule has 0 saturated heterocycles. The molecule has 1 amide bonds. The minimum Gasteiger partial charge on any atom is -0.497 e. The molecule has 5 rings (SSSR count). The van der Waals surface area contributed by atoms with E-state index < -0.39 is 6.04 Å². The molecular formula is C32H26IN3O5S. The first-order valence-corrected chi connectivity index (χ1v) is 14.7. The summed E-state index contributed by atoms with van der Waals surface area (Å²) < 4.78 is 19.5. The smallest absolute Gasteiger partial charge is 0.271 e. The summed E-state index contributed by atoms with van der Waals surface area (Å²) in [7, 11) is 3.12. The van der Waals surface area contributed by atoms with Crippen molar-refractivity contribution >= 4 is 51.6 Å². The fourth-order valence-corrected chi connectivity index (χ4v) is 6.51. The van der Waals surface area contributed by atoms with E-state index in [9.17, 15) is 9.59 Å². The summed E-state index contributed by atoms with van der Waals surface area (Å²) in [5, 5.41) is 2.96. The van der Waals surface area contributed by atoms with E-state index in [4.69, 9.17) is 25.6 Å². The van der Waals surface area contributed by atoms with Crippen molar-refractivity contribution in [2.24, 2.45) is 4.99 Å². The zero-order valence-electron chi connectivity index (χ0n) is 23.0. The van der Waals surface area contributed by atoms with Gasteiger partial charge < -0.3 is 19.5 Å². The van der Waals surface area contributed by atoms with Crippen LogP contribution in [0.25, 0.3) is 6.08 Å². The Morgan fingerprint density at radius 2 is 1.93 bits per heavy atom. The Hall–Kier alpha value is -4.34. The maximum Gasteiger partial charge on any atom is 0.271 e. The summed E-state index contributed by atoms with van der Waals surface area (Å²) in [6.07, 6.45) is 7.14. The molecule has 0 radical (unpaired) electrons. The van der Waals surface area contributed by atoms with Crippen LogP contribution in [0, 0.1) is 15.9 Å². The lowest BCUT2D eigenvalue weighted by atomic mass is 9.95. The number of amides is 1. The fraction of sp³-hybridized carbons (Fsp3) is 0.156. The van der Waals surface area contributed by atoms with Crippen LogP contribution in [0.4, 0.5) is 5.69 Å². The predicted octanol–water partition coefficient (Wildman–Crippen LogP) is 4.51. The molecular weight excluding hydrogens is 665 g/mol. The highest BCUT2D eigenvalue weighted by molar-refractivity contribution is 14.1. The lowest BCUT2D eigenvalue weighted by molar-refractivity contribution is -0.113. The summed E-state index contributed by atoms with van der Waals surface area (Å²) in [6, 6.07) is 19.5. The summed E-state index contributed by atoms with van der Waals surface area (Å²) in [5.41, 5.74) is 2.73. The molecule has 212 valence electrons. The van der Waals surface area contributed by atoms with Gasteiger partial charge in [-0.15, -0.1) is 6.42 Å². The average Bonchev–Trinajstić information content (AvgIpc) is 3.29. The molecule has 1 aliphatic heterocycles.